The lowest BCUT2D eigenvalue weighted by Crippen LogP contribution is -2.54. The number of carbonyl (C=O) groups is 2. The molecule has 0 radical (unpaired) electrons. The molecule has 0 aromatic carbocycles. The lowest BCUT2D eigenvalue weighted by Gasteiger charge is -2.40. The first-order chi connectivity index (χ1) is 8.31. The number of likely N-dealkylation sites (tertiary alicyclic amines) is 1. The molecule has 4 nitrogen and oxygen atoms in total. The van der Waals surface area contributed by atoms with Crippen LogP contribution in [0.25, 0.3) is 0 Å². The van der Waals surface area contributed by atoms with E-state index < -0.39 is 0 Å². The zero-order valence-corrected chi connectivity index (χ0v) is 12.2. The lowest BCUT2D eigenvalue weighted by molar-refractivity contribution is -0.138. The van der Waals surface area contributed by atoms with Crippen LogP contribution in [0.2, 0.25) is 0 Å². The van der Waals surface area contributed by atoms with Crippen molar-refractivity contribution >= 4 is 11.8 Å². The van der Waals surface area contributed by atoms with Gasteiger partial charge in [0.1, 0.15) is 0 Å². The molecule has 1 aliphatic rings. The van der Waals surface area contributed by atoms with Crippen LogP contribution < -0.4 is 5.32 Å². The number of amides is 2. The van der Waals surface area contributed by atoms with Crippen molar-refractivity contribution in [1.29, 1.82) is 0 Å². The number of piperidine rings is 1. The monoisotopic (exact) mass is 254 g/mol. The molecule has 0 aromatic heterocycles. The van der Waals surface area contributed by atoms with Gasteiger partial charge in [0.2, 0.25) is 11.8 Å². The predicted molar refractivity (Wildman–Crippen MR) is 72.0 cm³/mol. The van der Waals surface area contributed by atoms with Crippen LogP contribution in [-0.2, 0) is 9.59 Å². The van der Waals surface area contributed by atoms with E-state index in [1.54, 1.807) is 0 Å². The van der Waals surface area contributed by atoms with Crippen molar-refractivity contribution in [2.45, 2.75) is 47.1 Å². The molecule has 2 amide bonds. The molecule has 1 saturated heterocycles. The van der Waals surface area contributed by atoms with Crippen molar-refractivity contribution in [3.05, 3.63) is 0 Å². The maximum Gasteiger partial charge on any atom is 0.225 e. The Morgan fingerprint density at radius 2 is 1.78 bits per heavy atom. The molecule has 1 rings (SSSR count). The molecule has 1 fully saturated rings. The van der Waals surface area contributed by atoms with Crippen LogP contribution in [0.15, 0.2) is 0 Å². The van der Waals surface area contributed by atoms with Gasteiger partial charge in [-0.05, 0) is 18.3 Å². The Labute approximate surface area is 110 Å². The first kappa shape index (κ1) is 15.0. The molecule has 0 aromatic rings. The summed E-state index contributed by atoms with van der Waals surface area (Å²) < 4.78 is 0. The Kier molecular flexibility index (Phi) is 5.17. The molecule has 0 bridgehead atoms. The van der Waals surface area contributed by atoms with Crippen molar-refractivity contribution < 1.29 is 9.59 Å². The van der Waals surface area contributed by atoms with Crippen LogP contribution >= 0.6 is 0 Å². The molecular formula is C14H26N2O2. The highest BCUT2D eigenvalue weighted by molar-refractivity contribution is 5.78. The van der Waals surface area contributed by atoms with Crippen LogP contribution in [0.4, 0.5) is 0 Å². The van der Waals surface area contributed by atoms with E-state index in [4.69, 9.17) is 0 Å². The molecule has 18 heavy (non-hydrogen) atoms. The second-order valence-electron chi connectivity index (χ2n) is 6.04. The summed E-state index contributed by atoms with van der Waals surface area (Å²) in [5.41, 5.74) is 0. The number of nitrogens with one attached hydrogen (secondary N) is 1. The Morgan fingerprint density at radius 3 is 2.22 bits per heavy atom. The summed E-state index contributed by atoms with van der Waals surface area (Å²) in [6.45, 7) is 11.2. The highest BCUT2D eigenvalue weighted by atomic mass is 16.2. The summed E-state index contributed by atoms with van der Waals surface area (Å²) in [5, 5.41) is 2.96. The largest absolute Gasteiger partial charge is 0.352 e. The third kappa shape index (κ3) is 4.00. The molecule has 0 aliphatic carbocycles. The fraction of sp³-hybridized carbons (Fsp3) is 0.857. The number of nitrogens with zero attached hydrogens (tertiary/aromatic N) is 1. The standard InChI is InChI=1S/C14H26N2O2/c1-9(2)12-6-13(15-11(5)17)8-16(7-12)14(18)10(3)4/h9-10,12-13H,6-8H2,1-5H3,(H,15,17). The number of hydrogen-bond donors (Lipinski definition) is 1. The Balaban J connectivity index is 2.74. The fourth-order valence-corrected chi connectivity index (χ4v) is 2.56. The maximum absolute atomic E-state index is 12.1. The van der Waals surface area contributed by atoms with E-state index in [0.717, 1.165) is 13.0 Å². The molecule has 104 valence electrons. The summed E-state index contributed by atoms with van der Waals surface area (Å²) in [5.74, 6) is 1.20. The van der Waals surface area contributed by atoms with E-state index in [9.17, 15) is 9.59 Å². The van der Waals surface area contributed by atoms with Gasteiger partial charge in [-0.25, -0.2) is 0 Å². The van der Waals surface area contributed by atoms with Gasteiger partial charge in [0.25, 0.3) is 0 Å². The van der Waals surface area contributed by atoms with E-state index in [1.807, 2.05) is 18.7 Å². The van der Waals surface area contributed by atoms with Gasteiger partial charge in [0.15, 0.2) is 0 Å². The average molecular weight is 254 g/mol. The second kappa shape index (κ2) is 6.21. The first-order valence-corrected chi connectivity index (χ1v) is 6.87. The van der Waals surface area contributed by atoms with Crippen molar-refractivity contribution in [1.82, 2.24) is 10.2 Å². The minimum absolute atomic E-state index is 0.0126. The summed E-state index contributed by atoms with van der Waals surface area (Å²) >= 11 is 0. The van der Waals surface area contributed by atoms with Crippen LogP contribution in [0.1, 0.15) is 41.0 Å². The van der Waals surface area contributed by atoms with Gasteiger partial charge in [0, 0.05) is 32.0 Å². The number of hydrogen-bond acceptors (Lipinski definition) is 2. The van der Waals surface area contributed by atoms with Crippen molar-refractivity contribution in [3.8, 4) is 0 Å². The molecule has 0 spiro atoms. The van der Waals surface area contributed by atoms with Gasteiger partial charge in [0.05, 0.1) is 0 Å². The molecule has 1 heterocycles. The Morgan fingerprint density at radius 1 is 1.17 bits per heavy atom. The van der Waals surface area contributed by atoms with Crippen LogP contribution in [0, 0.1) is 17.8 Å². The quantitative estimate of drug-likeness (QED) is 0.832. The van der Waals surface area contributed by atoms with Gasteiger partial charge < -0.3 is 10.2 Å². The molecule has 1 N–H and O–H groups in total. The zero-order chi connectivity index (χ0) is 13.9. The third-order valence-corrected chi connectivity index (χ3v) is 3.64. The number of carbonyl (C=O) groups excluding carboxylic acids is 2. The summed E-state index contributed by atoms with van der Waals surface area (Å²) in [4.78, 5) is 25.2. The topological polar surface area (TPSA) is 49.4 Å². The van der Waals surface area contributed by atoms with Gasteiger partial charge in [-0.3, -0.25) is 9.59 Å². The van der Waals surface area contributed by atoms with Gasteiger partial charge in [-0.1, -0.05) is 27.7 Å². The Bertz CT molecular complexity index is 313. The predicted octanol–water partition coefficient (Wildman–Crippen LogP) is 1.65. The van der Waals surface area contributed by atoms with Crippen molar-refractivity contribution in [3.63, 3.8) is 0 Å². The third-order valence-electron chi connectivity index (χ3n) is 3.64. The van der Waals surface area contributed by atoms with Gasteiger partial charge >= 0.3 is 0 Å². The van der Waals surface area contributed by atoms with E-state index in [2.05, 4.69) is 19.2 Å². The maximum atomic E-state index is 12.1. The van der Waals surface area contributed by atoms with Gasteiger partial charge in [-0.15, -0.1) is 0 Å². The summed E-state index contributed by atoms with van der Waals surface area (Å²) in [6.07, 6.45) is 0.971. The highest BCUT2D eigenvalue weighted by Crippen LogP contribution is 2.24. The minimum atomic E-state index is -0.0126. The second-order valence-corrected chi connectivity index (χ2v) is 6.04. The van der Waals surface area contributed by atoms with E-state index in [-0.39, 0.29) is 23.8 Å². The SMILES string of the molecule is CC(=O)NC1CC(C(C)C)CN(C(=O)C(C)C)C1. The number of rotatable bonds is 3. The van der Waals surface area contributed by atoms with Gasteiger partial charge in [-0.2, -0.15) is 0 Å². The molecule has 1 aliphatic heterocycles. The molecule has 2 unspecified atom stereocenters. The van der Waals surface area contributed by atoms with Crippen molar-refractivity contribution in [2.75, 3.05) is 13.1 Å². The van der Waals surface area contributed by atoms with Crippen LogP contribution in [0.5, 0.6) is 0 Å². The molecule has 0 saturated carbocycles. The van der Waals surface area contributed by atoms with E-state index in [1.165, 1.54) is 6.92 Å². The highest BCUT2D eigenvalue weighted by Gasteiger charge is 2.32. The summed E-state index contributed by atoms with van der Waals surface area (Å²) in [6, 6.07) is 0.103. The minimum Gasteiger partial charge on any atom is -0.352 e. The summed E-state index contributed by atoms with van der Waals surface area (Å²) in [7, 11) is 0. The van der Waals surface area contributed by atoms with E-state index in [0.29, 0.717) is 18.4 Å². The van der Waals surface area contributed by atoms with Crippen molar-refractivity contribution in [2.24, 2.45) is 17.8 Å². The average Bonchev–Trinajstić information content (AvgIpc) is 2.26. The molecule has 4 heteroatoms. The molecular weight excluding hydrogens is 228 g/mol. The van der Waals surface area contributed by atoms with Crippen LogP contribution in [0.3, 0.4) is 0 Å². The normalized spacial score (nSPS) is 24.5. The first-order valence-electron chi connectivity index (χ1n) is 6.87. The van der Waals surface area contributed by atoms with Crippen LogP contribution in [-0.4, -0.2) is 35.8 Å². The zero-order valence-electron chi connectivity index (χ0n) is 12.2. The molecule has 2 atom stereocenters. The smallest absolute Gasteiger partial charge is 0.225 e. The lowest BCUT2D eigenvalue weighted by atomic mass is 9.85. The van der Waals surface area contributed by atoms with E-state index >= 15 is 0 Å². The Hall–Kier alpha value is -1.06. The fourth-order valence-electron chi connectivity index (χ4n) is 2.56.